The molecule has 1 N–H and O–H groups in total. The first-order chi connectivity index (χ1) is 10.6. The van der Waals surface area contributed by atoms with Crippen LogP contribution in [0.25, 0.3) is 0 Å². The van der Waals surface area contributed by atoms with Crippen LogP contribution in [0.15, 0.2) is 35.4 Å². The second-order valence-electron chi connectivity index (χ2n) is 5.43. The highest BCUT2D eigenvalue weighted by Crippen LogP contribution is 2.09. The molecule has 0 bridgehead atoms. The summed E-state index contributed by atoms with van der Waals surface area (Å²) in [7, 11) is 0. The summed E-state index contributed by atoms with van der Waals surface area (Å²) in [4.78, 5) is 8.78. The molecule has 0 saturated heterocycles. The largest absolute Gasteiger partial charge is 0.245 e. The van der Waals surface area contributed by atoms with Crippen LogP contribution in [0.5, 0.6) is 0 Å². The smallest absolute Gasteiger partial charge is 0.243 e. The molecule has 4 nitrogen and oxygen atoms in total. The van der Waals surface area contributed by atoms with Gasteiger partial charge in [0.15, 0.2) is 0 Å². The minimum absolute atomic E-state index is 0.554. The second-order valence-corrected chi connectivity index (χ2v) is 5.43. The quantitative estimate of drug-likeness (QED) is 0.644. The number of nitrogens with zero attached hydrogens (tertiary/aromatic N) is 3. The molecule has 2 rings (SSSR count). The zero-order valence-electron chi connectivity index (χ0n) is 13.8. The number of aryl methyl sites for hydroxylation is 3. The fraction of sp³-hybridized carbons (Fsp3) is 0.389. The molecule has 0 radical (unpaired) electrons. The van der Waals surface area contributed by atoms with Crippen LogP contribution in [-0.2, 0) is 12.8 Å². The lowest BCUT2D eigenvalue weighted by atomic mass is 10.1. The Morgan fingerprint density at radius 1 is 1.14 bits per heavy atom. The zero-order valence-corrected chi connectivity index (χ0v) is 13.8. The molecule has 1 heterocycles. The molecule has 0 unspecified atom stereocenters. The molecule has 0 aliphatic rings. The van der Waals surface area contributed by atoms with Crippen molar-refractivity contribution in [1.82, 2.24) is 9.97 Å². The van der Waals surface area contributed by atoms with E-state index >= 15 is 0 Å². The van der Waals surface area contributed by atoms with E-state index in [4.69, 9.17) is 0 Å². The summed E-state index contributed by atoms with van der Waals surface area (Å²) in [6.45, 7) is 8.22. The lowest BCUT2D eigenvalue weighted by Crippen LogP contribution is -2.04. The molecule has 0 amide bonds. The molecule has 0 fully saturated rings. The van der Waals surface area contributed by atoms with Crippen molar-refractivity contribution in [2.24, 2.45) is 5.10 Å². The third-order valence-corrected chi connectivity index (χ3v) is 3.50. The summed E-state index contributed by atoms with van der Waals surface area (Å²) in [5.74, 6) is 0.554. The minimum atomic E-state index is 0.554. The van der Waals surface area contributed by atoms with Crippen LogP contribution in [0.2, 0.25) is 0 Å². The molecule has 116 valence electrons. The summed E-state index contributed by atoms with van der Waals surface area (Å²) in [6.07, 6.45) is 3.17. The van der Waals surface area contributed by atoms with Gasteiger partial charge in [-0.25, -0.2) is 15.4 Å². The number of anilines is 1. The van der Waals surface area contributed by atoms with Gasteiger partial charge in [-0.2, -0.15) is 5.10 Å². The Bertz CT molecular complexity index is 645. The van der Waals surface area contributed by atoms with Crippen LogP contribution in [0.4, 0.5) is 5.95 Å². The highest BCUT2D eigenvalue weighted by atomic mass is 15.4. The van der Waals surface area contributed by atoms with Crippen LogP contribution in [0.1, 0.15) is 49.7 Å². The maximum Gasteiger partial charge on any atom is 0.243 e. The summed E-state index contributed by atoms with van der Waals surface area (Å²) in [5.41, 5.74) is 8.33. The Morgan fingerprint density at radius 3 is 2.50 bits per heavy atom. The third-order valence-electron chi connectivity index (χ3n) is 3.50. The highest BCUT2D eigenvalue weighted by Gasteiger charge is 2.02. The Morgan fingerprint density at radius 2 is 1.86 bits per heavy atom. The van der Waals surface area contributed by atoms with E-state index in [9.17, 15) is 0 Å². The van der Waals surface area contributed by atoms with Crippen molar-refractivity contribution >= 4 is 11.7 Å². The molecule has 0 aliphatic carbocycles. The first-order valence-electron chi connectivity index (χ1n) is 7.86. The summed E-state index contributed by atoms with van der Waals surface area (Å²) < 4.78 is 0. The Balaban J connectivity index is 2.10. The van der Waals surface area contributed by atoms with Crippen LogP contribution < -0.4 is 5.43 Å². The van der Waals surface area contributed by atoms with Gasteiger partial charge in [0.25, 0.3) is 0 Å². The van der Waals surface area contributed by atoms with Crippen LogP contribution in [0.3, 0.4) is 0 Å². The van der Waals surface area contributed by atoms with E-state index in [1.807, 2.05) is 19.9 Å². The number of hydrogen-bond acceptors (Lipinski definition) is 4. The molecule has 0 saturated carbocycles. The van der Waals surface area contributed by atoms with E-state index < -0.39 is 0 Å². The number of aromatic nitrogens is 2. The molecule has 1 aromatic carbocycles. The molecule has 0 aliphatic heterocycles. The lowest BCUT2D eigenvalue weighted by molar-refractivity contribution is 0.922. The first kappa shape index (κ1) is 16.1. The average Bonchev–Trinajstić information content (AvgIpc) is 2.53. The third kappa shape index (κ3) is 4.38. The van der Waals surface area contributed by atoms with E-state index in [-0.39, 0.29) is 0 Å². The van der Waals surface area contributed by atoms with Gasteiger partial charge in [-0.1, -0.05) is 44.5 Å². The Labute approximate surface area is 132 Å². The topological polar surface area (TPSA) is 50.2 Å². The van der Waals surface area contributed by atoms with Gasteiger partial charge in [0.1, 0.15) is 0 Å². The van der Waals surface area contributed by atoms with Crippen LogP contribution >= 0.6 is 0 Å². The summed E-state index contributed by atoms with van der Waals surface area (Å²) >= 11 is 0. The minimum Gasteiger partial charge on any atom is -0.245 e. The summed E-state index contributed by atoms with van der Waals surface area (Å²) in [5, 5.41) is 4.40. The fourth-order valence-electron chi connectivity index (χ4n) is 2.26. The number of nitrogens with one attached hydrogen (secondary N) is 1. The van der Waals surface area contributed by atoms with Gasteiger partial charge in [-0.05, 0) is 43.9 Å². The standard InChI is InChI=1S/C18H24N4/c1-5-7-15-8-10-16(11-9-15)14(4)21-22-18-19-13(3)12-17(6-2)20-18/h8-12H,5-7H2,1-4H3,(H,19,20,22). The van der Waals surface area contributed by atoms with E-state index in [1.54, 1.807) is 0 Å². The van der Waals surface area contributed by atoms with Gasteiger partial charge in [0, 0.05) is 11.4 Å². The van der Waals surface area contributed by atoms with E-state index in [1.165, 1.54) is 12.0 Å². The van der Waals surface area contributed by atoms with Crippen molar-refractivity contribution in [2.45, 2.75) is 47.0 Å². The van der Waals surface area contributed by atoms with Crippen LogP contribution in [0, 0.1) is 6.92 Å². The molecule has 0 spiro atoms. The van der Waals surface area contributed by atoms with Crippen molar-refractivity contribution in [3.05, 3.63) is 52.8 Å². The second kappa shape index (κ2) is 7.69. The lowest BCUT2D eigenvalue weighted by Gasteiger charge is -2.06. The molecule has 1 aromatic heterocycles. The van der Waals surface area contributed by atoms with Crippen molar-refractivity contribution < 1.29 is 0 Å². The molecule has 22 heavy (non-hydrogen) atoms. The summed E-state index contributed by atoms with van der Waals surface area (Å²) in [6, 6.07) is 10.5. The van der Waals surface area contributed by atoms with Crippen molar-refractivity contribution in [3.63, 3.8) is 0 Å². The van der Waals surface area contributed by atoms with Crippen molar-refractivity contribution in [3.8, 4) is 0 Å². The molecule has 2 aromatic rings. The van der Waals surface area contributed by atoms with Gasteiger partial charge in [-0.3, -0.25) is 0 Å². The maximum absolute atomic E-state index is 4.43. The van der Waals surface area contributed by atoms with Crippen LogP contribution in [-0.4, -0.2) is 15.7 Å². The molecular formula is C18H24N4. The molecule has 4 heteroatoms. The number of rotatable bonds is 6. The Hall–Kier alpha value is -2.23. The van der Waals surface area contributed by atoms with Crippen molar-refractivity contribution in [2.75, 3.05) is 5.43 Å². The van der Waals surface area contributed by atoms with Crippen molar-refractivity contribution in [1.29, 1.82) is 0 Å². The van der Waals surface area contributed by atoms with Gasteiger partial charge in [0.2, 0.25) is 5.95 Å². The van der Waals surface area contributed by atoms with Gasteiger partial charge in [0.05, 0.1) is 5.71 Å². The predicted octanol–water partition coefficient (Wildman–Crippen LogP) is 4.14. The highest BCUT2D eigenvalue weighted by molar-refractivity contribution is 5.99. The number of hydrazone groups is 1. The first-order valence-corrected chi connectivity index (χ1v) is 7.86. The molecular weight excluding hydrogens is 272 g/mol. The maximum atomic E-state index is 4.43. The molecule has 0 atom stereocenters. The Kier molecular flexibility index (Phi) is 5.64. The number of hydrogen-bond donors (Lipinski definition) is 1. The van der Waals surface area contributed by atoms with E-state index in [0.29, 0.717) is 5.95 Å². The van der Waals surface area contributed by atoms with Gasteiger partial charge >= 0.3 is 0 Å². The van der Waals surface area contributed by atoms with E-state index in [2.05, 4.69) is 58.6 Å². The number of benzene rings is 1. The average molecular weight is 296 g/mol. The normalized spacial score (nSPS) is 11.5. The fourth-order valence-corrected chi connectivity index (χ4v) is 2.26. The van der Waals surface area contributed by atoms with Gasteiger partial charge < -0.3 is 0 Å². The van der Waals surface area contributed by atoms with Gasteiger partial charge in [-0.15, -0.1) is 0 Å². The predicted molar refractivity (Wildman–Crippen MR) is 92.4 cm³/mol. The SMILES string of the molecule is CCCc1ccc(C(C)=NNc2nc(C)cc(CC)n2)cc1. The van der Waals surface area contributed by atoms with E-state index in [0.717, 1.165) is 35.5 Å². The zero-order chi connectivity index (χ0) is 15.9. The monoisotopic (exact) mass is 296 g/mol.